The predicted molar refractivity (Wildman–Crippen MR) is 111 cm³/mol. The Hall–Kier alpha value is -3.59. The van der Waals surface area contributed by atoms with Gasteiger partial charge in [-0.1, -0.05) is 12.1 Å². The molecule has 0 aliphatic carbocycles. The zero-order valence-corrected chi connectivity index (χ0v) is 16.9. The summed E-state index contributed by atoms with van der Waals surface area (Å²) in [6.07, 6.45) is 1.57. The number of nitrogen functional groups attached to an aromatic ring is 1. The standard InChI is InChI=1S/C20H18N6O2S/c1-11-8-9-29-16(11)19-25-24-18(28-19)15-17(21)22-10-14(23-15)12-4-6-13(7-5-12)20(27)26(2)3/h4-10H,1-3H3,(H2,21,22). The second-order valence-electron chi connectivity index (χ2n) is 6.61. The van der Waals surface area contributed by atoms with Crippen molar-refractivity contribution in [2.24, 2.45) is 0 Å². The van der Waals surface area contributed by atoms with E-state index in [0.717, 1.165) is 16.0 Å². The van der Waals surface area contributed by atoms with E-state index in [4.69, 9.17) is 10.2 Å². The Labute approximate surface area is 171 Å². The number of hydrogen-bond donors (Lipinski definition) is 1. The van der Waals surface area contributed by atoms with E-state index in [-0.39, 0.29) is 17.6 Å². The van der Waals surface area contributed by atoms with E-state index in [0.29, 0.717) is 22.8 Å². The zero-order valence-electron chi connectivity index (χ0n) is 16.1. The van der Waals surface area contributed by atoms with E-state index in [1.165, 1.54) is 16.2 Å². The summed E-state index contributed by atoms with van der Waals surface area (Å²) >= 11 is 1.53. The van der Waals surface area contributed by atoms with Gasteiger partial charge >= 0.3 is 0 Å². The minimum Gasteiger partial charge on any atom is -0.414 e. The first kappa shape index (κ1) is 18.8. The number of aryl methyl sites for hydroxylation is 1. The van der Waals surface area contributed by atoms with Crippen LogP contribution in [0.25, 0.3) is 33.6 Å². The molecule has 0 bridgehead atoms. The maximum atomic E-state index is 12.1. The van der Waals surface area contributed by atoms with E-state index in [2.05, 4.69) is 20.2 Å². The second-order valence-corrected chi connectivity index (χ2v) is 7.53. The Balaban J connectivity index is 1.68. The average molecular weight is 406 g/mol. The molecule has 0 fully saturated rings. The fraction of sp³-hybridized carbons (Fsp3) is 0.150. The number of thiophene rings is 1. The van der Waals surface area contributed by atoms with E-state index >= 15 is 0 Å². The Bertz CT molecular complexity index is 1180. The summed E-state index contributed by atoms with van der Waals surface area (Å²) in [5.74, 6) is 0.763. The van der Waals surface area contributed by atoms with Crippen molar-refractivity contribution in [3.8, 4) is 33.6 Å². The number of carbonyl (C=O) groups is 1. The van der Waals surface area contributed by atoms with Crippen LogP contribution in [0.2, 0.25) is 0 Å². The monoisotopic (exact) mass is 406 g/mol. The summed E-state index contributed by atoms with van der Waals surface area (Å²) in [4.78, 5) is 23.3. The van der Waals surface area contributed by atoms with Crippen LogP contribution >= 0.6 is 11.3 Å². The normalized spacial score (nSPS) is 10.9. The van der Waals surface area contributed by atoms with Gasteiger partial charge in [0, 0.05) is 25.2 Å². The lowest BCUT2D eigenvalue weighted by Crippen LogP contribution is -2.21. The number of rotatable bonds is 4. The molecule has 4 rings (SSSR count). The first-order valence-corrected chi connectivity index (χ1v) is 9.65. The van der Waals surface area contributed by atoms with Crippen molar-refractivity contribution in [2.75, 3.05) is 19.8 Å². The van der Waals surface area contributed by atoms with E-state index in [1.54, 1.807) is 32.4 Å². The molecule has 2 N–H and O–H groups in total. The smallest absolute Gasteiger partial charge is 0.270 e. The molecule has 1 amide bonds. The Morgan fingerprint density at radius 2 is 1.83 bits per heavy atom. The van der Waals surface area contributed by atoms with Crippen molar-refractivity contribution in [1.82, 2.24) is 25.1 Å². The van der Waals surface area contributed by atoms with Gasteiger partial charge in [0.1, 0.15) is 0 Å². The summed E-state index contributed by atoms with van der Waals surface area (Å²) in [6.45, 7) is 1.98. The molecular weight excluding hydrogens is 388 g/mol. The van der Waals surface area contributed by atoms with Gasteiger partial charge < -0.3 is 15.1 Å². The second kappa shape index (κ2) is 7.44. The van der Waals surface area contributed by atoms with Crippen LogP contribution in [0.4, 0.5) is 5.82 Å². The van der Waals surface area contributed by atoms with Gasteiger partial charge in [-0.05, 0) is 36.1 Å². The molecular formula is C20H18N6O2S. The Morgan fingerprint density at radius 1 is 1.10 bits per heavy atom. The molecule has 0 saturated carbocycles. The highest BCUT2D eigenvalue weighted by molar-refractivity contribution is 7.13. The van der Waals surface area contributed by atoms with Crippen LogP contribution in [0.3, 0.4) is 0 Å². The minimum absolute atomic E-state index is 0.0668. The first-order chi connectivity index (χ1) is 13.9. The van der Waals surface area contributed by atoms with Gasteiger partial charge in [0.2, 0.25) is 0 Å². The van der Waals surface area contributed by atoms with Crippen LogP contribution in [0, 0.1) is 6.92 Å². The molecule has 0 atom stereocenters. The molecule has 3 heterocycles. The minimum atomic E-state index is -0.0668. The van der Waals surface area contributed by atoms with Gasteiger partial charge in [-0.15, -0.1) is 21.5 Å². The molecule has 0 radical (unpaired) electrons. The van der Waals surface area contributed by atoms with Crippen molar-refractivity contribution >= 4 is 23.1 Å². The van der Waals surface area contributed by atoms with Crippen molar-refractivity contribution in [2.45, 2.75) is 6.92 Å². The molecule has 1 aromatic carbocycles. The fourth-order valence-corrected chi connectivity index (χ4v) is 3.58. The highest BCUT2D eigenvalue weighted by Crippen LogP contribution is 2.31. The lowest BCUT2D eigenvalue weighted by atomic mass is 10.1. The molecule has 0 spiro atoms. The first-order valence-electron chi connectivity index (χ1n) is 8.77. The van der Waals surface area contributed by atoms with Crippen LogP contribution < -0.4 is 5.73 Å². The van der Waals surface area contributed by atoms with Gasteiger partial charge in [-0.2, -0.15) is 0 Å². The fourth-order valence-electron chi connectivity index (χ4n) is 2.74. The average Bonchev–Trinajstić information content (AvgIpc) is 3.36. The van der Waals surface area contributed by atoms with Gasteiger partial charge in [0.05, 0.1) is 16.8 Å². The van der Waals surface area contributed by atoms with E-state index in [1.807, 2.05) is 30.5 Å². The van der Waals surface area contributed by atoms with Crippen molar-refractivity contribution in [3.05, 3.63) is 53.0 Å². The number of hydrogen-bond acceptors (Lipinski definition) is 8. The maximum absolute atomic E-state index is 12.1. The summed E-state index contributed by atoms with van der Waals surface area (Å²) in [6, 6.07) is 9.12. The third-order valence-corrected chi connectivity index (χ3v) is 5.32. The summed E-state index contributed by atoms with van der Waals surface area (Å²) < 4.78 is 5.80. The topological polar surface area (TPSA) is 111 Å². The van der Waals surface area contributed by atoms with Crippen LogP contribution in [0.5, 0.6) is 0 Å². The highest BCUT2D eigenvalue weighted by Gasteiger charge is 2.18. The van der Waals surface area contributed by atoms with Crippen LogP contribution in [0.15, 0.2) is 46.3 Å². The number of aromatic nitrogens is 4. The van der Waals surface area contributed by atoms with Gasteiger partial charge in [-0.3, -0.25) is 4.79 Å². The largest absolute Gasteiger partial charge is 0.414 e. The lowest BCUT2D eigenvalue weighted by molar-refractivity contribution is 0.0827. The quantitative estimate of drug-likeness (QED) is 0.552. The molecule has 29 heavy (non-hydrogen) atoms. The number of benzene rings is 1. The number of anilines is 1. The molecule has 8 nitrogen and oxygen atoms in total. The van der Waals surface area contributed by atoms with Gasteiger partial charge in [-0.25, -0.2) is 9.97 Å². The number of nitrogens with zero attached hydrogens (tertiary/aromatic N) is 5. The van der Waals surface area contributed by atoms with Crippen molar-refractivity contribution < 1.29 is 9.21 Å². The maximum Gasteiger partial charge on any atom is 0.270 e. The molecule has 9 heteroatoms. The third kappa shape index (κ3) is 3.59. The zero-order chi connectivity index (χ0) is 20.5. The van der Waals surface area contributed by atoms with Gasteiger partial charge in [0.15, 0.2) is 11.5 Å². The summed E-state index contributed by atoms with van der Waals surface area (Å²) in [5.41, 5.74) is 9.36. The molecule has 0 aliphatic rings. The molecule has 0 unspecified atom stereocenters. The molecule has 4 aromatic rings. The molecule has 146 valence electrons. The van der Waals surface area contributed by atoms with Crippen LogP contribution in [-0.2, 0) is 0 Å². The van der Waals surface area contributed by atoms with Crippen LogP contribution in [0.1, 0.15) is 15.9 Å². The van der Waals surface area contributed by atoms with Crippen molar-refractivity contribution in [1.29, 1.82) is 0 Å². The Morgan fingerprint density at radius 3 is 2.48 bits per heavy atom. The Kier molecular flexibility index (Phi) is 4.81. The summed E-state index contributed by atoms with van der Waals surface area (Å²) in [7, 11) is 3.43. The van der Waals surface area contributed by atoms with E-state index in [9.17, 15) is 4.79 Å². The predicted octanol–water partition coefficient (Wildman–Crippen LogP) is 3.51. The molecule has 0 aliphatic heterocycles. The third-order valence-electron chi connectivity index (χ3n) is 4.32. The number of carbonyl (C=O) groups excluding carboxylic acids is 1. The molecule has 3 aromatic heterocycles. The van der Waals surface area contributed by atoms with E-state index < -0.39 is 0 Å². The molecule has 0 saturated heterocycles. The number of nitrogens with two attached hydrogens (primary N) is 1. The van der Waals surface area contributed by atoms with Crippen LogP contribution in [-0.4, -0.2) is 45.1 Å². The summed E-state index contributed by atoms with van der Waals surface area (Å²) in [5, 5.41) is 10.2. The number of amides is 1. The SMILES string of the molecule is Cc1ccsc1-c1nnc(-c2nc(-c3ccc(C(=O)N(C)C)cc3)cnc2N)o1. The highest BCUT2D eigenvalue weighted by atomic mass is 32.1. The lowest BCUT2D eigenvalue weighted by Gasteiger charge is -2.10. The van der Waals surface area contributed by atoms with Gasteiger partial charge in [0.25, 0.3) is 17.7 Å². The van der Waals surface area contributed by atoms with Crippen molar-refractivity contribution in [3.63, 3.8) is 0 Å².